The van der Waals surface area contributed by atoms with E-state index in [1.807, 2.05) is 17.0 Å². The molecular formula is C27H31N3O4S. The minimum absolute atomic E-state index is 0.00812. The van der Waals surface area contributed by atoms with Crippen molar-refractivity contribution in [3.63, 3.8) is 0 Å². The quantitative estimate of drug-likeness (QED) is 0.523. The van der Waals surface area contributed by atoms with Crippen molar-refractivity contribution in [3.05, 3.63) is 71.9 Å². The molecule has 35 heavy (non-hydrogen) atoms. The van der Waals surface area contributed by atoms with Crippen LogP contribution in [0.1, 0.15) is 35.2 Å². The van der Waals surface area contributed by atoms with Crippen LogP contribution < -0.4 is 0 Å². The highest BCUT2D eigenvalue weighted by Gasteiger charge is 2.25. The highest BCUT2D eigenvalue weighted by atomic mass is 32.2. The molecule has 0 spiro atoms. The van der Waals surface area contributed by atoms with E-state index in [0.717, 1.165) is 44.5 Å². The molecule has 0 aliphatic carbocycles. The lowest BCUT2D eigenvalue weighted by Gasteiger charge is -2.37. The molecule has 0 bridgehead atoms. The van der Waals surface area contributed by atoms with Gasteiger partial charge in [-0.15, -0.1) is 0 Å². The summed E-state index contributed by atoms with van der Waals surface area (Å²) >= 11 is 0. The number of carbonyl (C=O) groups is 1. The second kappa shape index (κ2) is 10.4. The van der Waals surface area contributed by atoms with Crippen LogP contribution in [0.5, 0.6) is 0 Å². The fraction of sp³-hybridized carbons (Fsp3) is 0.407. The van der Waals surface area contributed by atoms with Gasteiger partial charge in [-0.3, -0.25) is 14.7 Å². The Morgan fingerprint density at radius 2 is 1.74 bits per heavy atom. The lowest BCUT2D eigenvalue weighted by Crippen LogP contribution is -2.50. The van der Waals surface area contributed by atoms with Gasteiger partial charge in [-0.25, -0.2) is 8.42 Å². The van der Waals surface area contributed by atoms with Crippen LogP contribution in [0.4, 0.5) is 0 Å². The first-order chi connectivity index (χ1) is 17.0. The highest BCUT2D eigenvalue weighted by Crippen LogP contribution is 2.24. The summed E-state index contributed by atoms with van der Waals surface area (Å²) in [6.45, 7) is 4.88. The monoisotopic (exact) mass is 493 g/mol. The summed E-state index contributed by atoms with van der Waals surface area (Å²) in [5.41, 5.74) is 1.71. The van der Waals surface area contributed by atoms with E-state index in [4.69, 9.17) is 4.74 Å². The Balaban J connectivity index is 1.20. The van der Waals surface area contributed by atoms with Crippen LogP contribution in [0.2, 0.25) is 0 Å². The first-order valence-electron chi connectivity index (χ1n) is 12.3. The number of benzene rings is 2. The largest absolute Gasteiger partial charge is 0.377 e. The van der Waals surface area contributed by atoms with E-state index in [0.29, 0.717) is 35.8 Å². The molecule has 3 heterocycles. The highest BCUT2D eigenvalue weighted by molar-refractivity contribution is 7.90. The van der Waals surface area contributed by atoms with Crippen LogP contribution in [0.3, 0.4) is 0 Å². The molecule has 2 aliphatic rings. The Morgan fingerprint density at radius 1 is 0.971 bits per heavy atom. The number of nitrogens with zero attached hydrogens (tertiary/aromatic N) is 3. The van der Waals surface area contributed by atoms with E-state index in [-0.39, 0.29) is 16.6 Å². The van der Waals surface area contributed by atoms with E-state index in [2.05, 4.69) is 9.88 Å². The second-order valence-corrected chi connectivity index (χ2v) is 11.3. The number of para-hydroxylation sites is 1. The van der Waals surface area contributed by atoms with Gasteiger partial charge in [0.25, 0.3) is 5.91 Å². The van der Waals surface area contributed by atoms with E-state index in [1.54, 1.807) is 48.7 Å². The number of amides is 1. The summed E-state index contributed by atoms with van der Waals surface area (Å²) in [5, 5.41) is 0.792. The lowest BCUT2D eigenvalue weighted by atomic mass is 10.1. The smallest absolute Gasteiger partial charge is 0.253 e. The molecule has 2 aromatic carbocycles. The molecular weight excluding hydrogens is 462 g/mol. The van der Waals surface area contributed by atoms with Crippen LogP contribution in [0, 0.1) is 0 Å². The molecule has 1 amide bonds. The first kappa shape index (κ1) is 23.9. The third-order valence-corrected chi connectivity index (χ3v) is 8.60. The number of pyridine rings is 1. The Hall–Kier alpha value is -2.81. The van der Waals surface area contributed by atoms with Gasteiger partial charge in [0.15, 0.2) is 9.84 Å². The number of carbonyl (C=O) groups excluding carboxylic acids is 1. The molecule has 1 aromatic heterocycles. The maximum atomic E-state index is 13.1. The number of fused-ring (bicyclic) bond motifs is 1. The van der Waals surface area contributed by atoms with E-state index >= 15 is 0 Å². The van der Waals surface area contributed by atoms with Gasteiger partial charge in [-0.05, 0) is 49.1 Å². The maximum absolute atomic E-state index is 13.1. The van der Waals surface area contributed by atoms with E-state index in [1.165, 1.54) is 6.42 Å². The van der Waals surface area contributed by atoms with E-state index < -0.39 is 9.84 Å². The molecule has 184 valence electrons. The van der Waals surface area contributed by atoms with Gasteiger partial charge in [0.2, 0.25) is 0 Å². The van der Waals surface area contributed by atoms with Gasteiger partial charge in [-0.2, -0.15) is 0 Å². The molecule has 2 saturated heterocycles. The summed E-state index contributed by atoms with van der Waals surface area (Å²) in [4.78, 5) is 21.8. The second-order valence-electron chi connectivity index (χ2n) is 9.37. The zero-order valence-electron chi connectivity index (χ0n) is 19.8. The van der Waals surface area contributed by atoms with Crippen LogP contribution in [0.15, 0.2) is 65.7 Å². The van der Waals surface area contributed by atoms with Gasteiger partial charge >= 0.3 is 0 Å². The van der Waals surface area contributed by atoms with Crippen molar-refractivity contribution in [3.8, 4) is 0 Å². The van der Waals surface area contributed by atoms with Crippen molar-refractivity contribution in [2.75, 3.05) is 39.3 Å². The molecule has 2 fully saturated rings. The SMILES string of the molecule is O=C(c1ccc(CS(=O)(=O)c2cccc3cccnc23)cc1)N1CCN(C[C@H]2CCCCO2)CC1. The molecule has 1 atom stereocenters. The third-order valence-electron chi connectivity index (χ3n) is 6.88. The van der Waals surface area contributed by atoms with Gasteiger partial charge in [0, 0.05) is 56.5 Å². The third kappa shape index (κ3) is 5.55. The predicted octanol–water partition coefficient (Wildman–Crippen LogP) is 3.54. The molecule has 0 radical (unpaired) electrons. The number of sulfone groups is 1. The summed E-state index contributed by atoms with van der Waals surface area (Å²) < 4.78 is 32.1. The Kier molecular flexibility index (Phi) is 7.13. The zero-order chi connectivity index (χ0) is 24.3. The van der Waals surface area contributed by atoms with Crippen molar-refractivity contribution >= 4 is 26.6 Å². The Labute approximate surface area is 206 Å². The van der Waals surface area contributed by atoms with Crippen molar-refractivity contribution < 1.29 is 17.9 Å². The van der Waals surface area contributed by atoms with Crippen LogP contribution in [0.25, 0.3) is 10.9 Å². The minimum Gasteiger partial charge on any atom is -0.377 e. The van der Waals surface area contributed by atoms with Gasteiger partial charge in [0.05, 0.1) is 22.3 Å². The molecule has 3 aromatic rings. The maximum Gasteiger partial charge on any atom is 0.253 e. The van der Waals surface area contributed by atoms with Crippen LogP contribution >= 0.6 is 0 Å². The van der Waals surface area contributed by atoms with Crippen molar-refractivity contribution in [1.29, 1.82) is 0 Å². The standard InChI is InChI=1S/C27H31N3O4S/c31-27(30-16-14-29(15-17-30)19-24-7-1-2-18-34-24)23-11-9-21(10-12-23)20-35(32,33)25-8-3-5-22-6-4-13-28-26(22)25/h3-6,8-13,24H,1-2,7,14-20H2/t24-/m1/s1. The Bertz CT molecular complexity index is 1270. The van der Waals surface area contributed by atoms with Crippen molar-refractivity contribution in [2.45, 2.75) is 36.0 Å². The van der Waals surface area contributed by atoms with Crippen LogP contribution in [-0.2, 0) is 20.3 Å². The molecule has 0 unspecified atom stereocenters. The number of rotatable bonds is 6. The number of ether oxygens (including phenoxy) is 1. The topological polar surface area (TPSA) is 79.8 Å². The van der Waals surface area contributed by atoms with Gasteiger partial charge in [-0.1, -0.05) is 30.3 Å². The minimum atomic E-state index is -3.59. The average molecular weight is 494 g/mol. The summed E-state index contributed by atoms with van der Waals surface area (Å²) in [6, 6.07) is 15.8. The molecule has 8 heteroatoms. The van der Waals surface area contributed by atoms with Crippen molar-refractivity contribution in [1.82, 2.24) is 14.8 Å². The van der Waals surface area contributed by atoms with Crippen LogP contribution in [-0.4, -0.2) is 74.5 Å². The fourth-order valence-electron chi connectivity index (χ4n) is 4.92. The average Bonchev–Trinajstić information content (AvgIpc) is 2.89. The molecule has 0 saturated carbocycles. The number of hydrogen-bond donors (Lipinski definition) is 0. The summed E-state index contributed by atoms with van der Waals surface area (Å²) in [5.74, 6) is -0.148. The molecule has 7 nitrogen and oxygen atoms in total. The number of aromatic nitrogens is 1. The van der Waals surface area contributed by atoms with Crippen molar-refractivity contribution in [2.24, 2.45) is 0 Å². The summed E-state index contributed by atoms with van der Waals surface area (Å²) in [7, 11) is -3.59. The van der Waals surface area contributed by atoms with Gasteiger partial charge in [0.1, 0.15) is 0 Å². The predicted molar refractivity (Wildman–Crippen MR) is 135 cm³/mol. The molecule has 5 rings (SSSR count). The summed E-state index contributed by atoms with van der Waals surface area (Å²) in [6.07, 6.45) is 5.44. The lowest BCUT2D eigenvalue weighted by molar-refractivity contribution is -0.0130. The molecule has 0 N–H and O–H groups in total. The molecule has 2 aliphatic heterocycles. The van der Waals surface area contributed by atoms with Gasteiger partial charge < -0.3 is 9.64 Å². The zero-order valence-corrected chi connectivity index (χ0v) is 20.6. The number of hydrogen-bond acceptors (Lipinski definition) is 6. The normalized spacial score (nSPS) is 19.7. The number of piperazine rings is 1. The van der Waals surface area contributed by atoms with E-state index in [9.17, 15) is 13.2 Å². The first-order valence-corrected chi connectivity index (χ1v) is 13.9. The Morgan fingerprint density at radius 3 is 2.49 bits per heavy atom. The fourth-order valence-corrected chi connectivity index (χ4v) is 6.46.